The monoisotopic (exact) mass is 1090 g/mol. The number of carboxylic acid groups (broad SMARTS) is 9. The summed E-state index contributed by atoms with van der Waals surface area (Å²) < 4.78 is 0. The number of carboxylic acids is 9. The van der Waals surface area contributed by atoms with Gasteiger partial charge in [-0.15, -0.1) is 0 Å². The Kier molecular flexibility index (Phi) is 31.3. The fourth-order valence-electron chi connectivity index (χ4n) is 8.62. The Balaban J connectivity index is 0.000000770. The van der Waals surface area contributed by atoms with Crippen molar-refractivity contribution in [1.29, 1.82) is 0 Å². The van der Waals surface area contributed by atoms with E-state index in [-0.39, 0.29) is 187 Å². The smallest absolute Gasteiger partial charge is 0.320 e. The summed E-state index contributed by atoms with van der Waals surface area (Å²) in [4.78, 5) is 142. The molecule has 2 heterocycles. The minimum absolute atomic E-state index is 0.0243. The standard InChI is InChI=1S/C26H44N4O11.C22H38N4O9/c1-26(2,3)20(31)6-4-18(24(38)39)29-12-8-27(16-22(34)35)10-14-30(19(25(40)41)5-7-21(32)33)15-11-28(9-13-29)17-23(36)37;1-16(2)18(27)4-3-17(22(34)35)26-11-9-24(14-20(30)31)7-5-23(13-19(28)29)6-8-25(10-12-26)15-21(32)33/h18-19H,4-17H2,1-3H3,(H,32,33)(H,34,35)(H,36,37)(H,38,39)(H,40,41);16-17H,3-15H2,1-2H3,(H,28,29)(H,30,31)(H,32,33)(H,34,35). The van der Waals surface area contributed by atoms with Gasteiger partial charge in [0.1, 0.15) is 29.7 Å². The molecule has 0 aromatic rings. The molecule has 2 rings (SSSR count). The van der Waals surface area contributed by atoms with E-state index in [1.807, 2.05) is 0 Å². The van der Waals surface area contributed by atoms with Gasteiger partial charge < -0.3 is 46.0 Å². The first kappa shape index (κ1) is 68.3. The average Bonchev–Trinajstić information content (AvgIpc) is 3.28. The third-order valence-corrected chi connectivity index (χ3v) is 13.1. The third kappa shape index (κ3) is 29.0. The molecule has 0 radical (unpaired) electrons. The second kappa shape index (κ2) is 34.8. The number of ketones is 2. The van der Waals surface area contributed by atoms with Gasteiger partial charge in [0.15, 0.2) is 0 Å². The number of Topliss-reactive ketones (excluding diaryl/α,β-unsaturated/α-hetero) is 2. The molecule has 2 aliphatic rings. The second-order valence-electron chi connectivity index (χ2n) is 20.3. The first-order chi connectivity index (χ1) is 35.4. The summed E-state index contributed by atoms with van der Waals surface area (Å²) in [6, 6.07) is -3.23. The van der Waals surface area contributed by atoms with Crippen LogP contribution in [0.5, 0.6) is 0 Å². The summed E-state index contributed by atoms with van der Waals surface area (Å²) in [5.41, 5.74) is -0.647. The van der Waals surface area contributed by atoms with Crippen molar-refractivity contribution >= 4 is 65.3 Å². The summed E-state index contributed by atoms with van der Waals surface area (Å²) in [5, 5.41) is 85.4. The molecule has 0 bridgehead atoms. The summed E-state index contributed by atoms with van der Waals surface area (Å²) >= 11 is 0. The largest absolute Gasteiger partial charge is 0.481 e. The van der Waals surface area contributed by atoms with E-state index in [4.69, 9.17) is 5.11 Å². The van der Waals surface area contributed by atoms with Crippen LogP contribution in [-0.2, 0) is 52.7 Å². The number of carbonyl (C=O) groups is 11. The van der Waals surface area contributed by atoms with Crippen molar-refractivity contribution in [3.05, 3.63) is 0 Å². The van der Waals surface area contributed by atoms with Crippen molar-refractivity contribution in [2.45, 2.75) is 91.3 Å². The Hall–Kier alpha value is -5.75. The Morgan fingerprint density at radius 3 is 0.763 bits per heavy atom. The molecule has 0 aromatic carbocycles. The molecule has 2 fully saturated rings. The minimum Gasteiger partial charge on any atom is -0.481 e. The number of hydrogen-bond donors (Lipinski definition) is 9. The van der Waals surface area contributed by atoms with Crippen LogP contribution in [0, 0.1) is 11.3 Å². The van der Waals surface area contributed by atoms with E-state index in [0.717, 1.165) is 0 Å². The summed E-state index contributed by atoms with van der Waals surface area (Å²) in [6.07, 6.45) is -0.348. The lowest BCUT2D eigenvalue weighted by molar-refractivity contribution is -0.146. The number of aliphatic carboxylic acids is 9. The van der Waals surface area contributed by atoms with Crippen LogP contribution >= 0.6 is 0 Å². The van der Waals surface area contributed by atoms with Gasteiger partial charge in [-0.2, -0.15) is 0 Å². The van der Waals surface area contributed by atoms with Gasteiger partial charge in [0, 0.05) is 135 Å². The van der Waals surface area contributed by atoms with E-state index in [0.29, 0.717) is 0 Å². The van der Waals surface area contributed by atoms with Crippen LogP contribution in [0.25, 0.3) is 0 Å². The molecule has 3 unspecified atom stereocenters. The molecule has 0 amide bonds. The van der Waals surface area contributed by atoms with Crippen molar-refractivity contribution < 1.29 is 98.7 Å². The second-order valence-corrected chi connectivity index (χ2v) is 20.3. The number of carbonyl (C=O) groups excluding carboxylic acids is 2. The molecule has 0 saturated carbocycles. The first-order valence-corrected chi connectivity index (χ1v) is 25.3. The van der Waals surface area contributed by atoms with Crippen molar-refractivity contribution in [2.24, 2.45) is 11.3 Å². The maximum absolute atomic E-state index is 12.5. The topological polar surface area (TPSA) is 396 Å². The van der Waals surface area contributed by atoms with Crippen LogP contribution in [0.15, 0.2) is 0 Å². The van der Waals surface area contributed by atoms with Crippen LogP contribution in [0.4, 0.5) is 0 Å². The Morgan fingerprint density at radius 1 is 0.342 bits per heavy atom. The predicted molar refractivity (Wildman–Crippen MR) is 269 cm³/mol. The molecule has 76 heavy (non-hydrogen) atoms. The lowest BCUT2D eigenvalue weighted by Crippen LogP contribution is -2.53. The maximum atomic E-state index is 12.5. The fourth-order valence-corrected chi connectivity index (χ4v) is 8.62. The predicted octanol–water partition coefficient (Wildman–Crippen LogP) is -1.54. The van der Waals surface area contributed by atoms with E-state index in [9.17, 15) is 93.6 Å². The zero-order valence-electron chi connectivity index (χ0n) is 44.5. The third-order valence-electron chi connectivity index (χ3n) is 13.1. The summed E-state index contributed by atoms with van der Waals surface area (Å²) in [7, 11) is 0. The lowest BCUT2D eigenvalue weighted by Gasteiger charge is -2.37. The van der Waals surface area contributed by atoms with Crippen molar-refractivity contribution in [3.8, 4) is 0 Å². The van der Waals surface area contributed by atoms with E-state index in [2.05, 4.69) is 0 Å². The molecule has 0 spiro atoms. The van der Waals surface area contributed by atoms with Crippen LogP contribution in [0.2, 0.25) is 0 Å². The lowest BCUT2D eigenvalue weighted by atomic mass is 9.87. The molecule has 434 valence electrons. The Morgan fingerprint density at radius 2 is 0.566 bits per heavy atom. The van der Waals surface area contributed by atoms with Gasteiger partial charge in [-0.1, -0.05) is 34.6 Å². The van der Waals surface area contributed by atoms with Crippen molar-refractivity contribution in [2.75, 3.05) is 137 Å². The Bertz CT molecular complexity index is 1890. The highest BCUT2D eigenvalue weighted by Gasteiger charge is 2.33. The molecule has 3 atom stereocenters. The van der Waals surface area contributed by atoms with Crippen LogP contribution < -0.4 is 0 Å². The molecule has 0 aliphatic carbocycles. The van der Waals surface area contributed by atoms with Crippen molar-refractivity contribution in [3.63, 3.8) is 0 Å². The normalized spacial score (nSPS) is 18.9. The van der Waals surface area contributed by atoms with Crippen LogP contribution in [-0.4, -0.2) is 306 Å². The molecular formula is C48H82N8O20. The highest BCUT2D eigenvalue weighted by molar-refractivity contribution is 5.84. The molecular weight excluding hydrogens is 1010 g/mol. The SMILES string of the molecule is CC(C)(C)C(=O)CCC(C(=O)O)N1CCN(CC(=O)O)CCN(C(CCC(=O)O)C(=O)O)CCN(CC(=O)O)CC1.CC(C)C(=O)CCC(C(=O)O)N1CCN(CC(=O)O)CCN(CC(=O)O)CCN(CC(=O)O)CC1. The number of hydrogen-bond acceptors (Lipinski definition) is 19. The first-order valence-electron chi connectivity index (χ1n) is 25.3. The highest BCUT2D eigenvalue weighted by atomic mass is 16.4. The van der Waals surface area contributed by atoms with Crippen LogP contribution in [0.3, 0.4) is 0 Å². The minimum atomic E-state index is -1.24. The van der Waals surface area contributed by atoms with Gasteiger partial charge in [-0.25, -0.2) is 0 Å². The number of rotatable bonds is 26. The fraction of sp³-hybridized carbons (Fsp3) is 0.771. The van der Waals surface area contributed by atoms with Crippen molar-refractivity contribution in [1.82, 2.24) is 39.2 Å². The quantitative estimate of drug-likeness (QED) is 0.0474. The zero-order valence-corrected chi connectivity index (χ0v) is 44.5. The maximum Gasteiger partial charge on any atom is 0.320 e. The molecule has 28 nitrogen and oxygen atoms in total. The molecule has 0 aromatic heterocycles. The highest BCUT2D eigenvalue weighted by Crippen LogP contribution is 2.21. The molecule has 28 heteroatoms. The summed E-state index contributed by atoms with van der Waals surface area (Å²) in [5.74, 6) is -10.5. The van der Waals surface area contributed by atoms with Gasteiger partial charge in [-0.3, -0.25) is 91.9 Å². The summed E-state index contributed by atoms with van der Waals surface area (Å²) in [6.45, 7) is 9.69. The van der Waals surface area contributed by atoms with E-state index < -0.39 is 83.7 Å². The molecule has 2 saturated heterocycles. The van der Waals surface area contributed by atoms with E-state index >= 15 is 0 Å². The molecule has 9 N–H and O–H groups in total. The Labute approximate surface area is 442 Å². The van der Waals surface area contributed by atoms with E-state index in [1.54, 1.807) is 68.9 Å². The molecule has 2 aliphatic heterocycles. The van der Waals surface area contributed by atoms with Crippen LogP contribution in [0.1, 0.15) is 73.1 Å². The van der Waals surface area contributed by atoms with E-state index in [1.165, 1.54) is 4.90 Å². The van der Waals surface area contributed by atoms with Gasteiger partial charge in [0.25, 0.3) is 0 Å². The van der Waals surface area contributed by atoms with Gasteiger partial charge in [0.2, 0.25) is 0 Å². The van der Waals surface area contributed by atoms with Gasteiger partial charge in [-0.05, 0) is 19.3 Å². The number of nitrogens with zero attached hydrogens (tertiary/aromatic N) is 8. The zero-order chi connectivity index (χ0) is 57.9. The van der Waals surface area contributed by atoms with Gasteiger partial charge in [0.05, 0.1) is 32.7 Å². The van der Waals surface area contributed by atoms with Gasteiger partial charge >= 0.3 is 53.7 Å². The average molecular weight is 1090 g/mol.